The van der Waals surface area contributed by atoms with Crippen molar-refractivity contribution in [3.05, 3.63) is 76.2 Å². The van der Waals surface area contributed by atoms with Crippen LogP contribution in [0.25, 0.3) is 5.69 Å². The Hall–Kier alpha value is -3.59. The quantitative estimate of drug-likeness (QED) is 0.415. The van der Waals surface area contributed by atoms with Crippen molar-refractivity contribution in [2.45, 2.75) is 25.5 Å². The lowest BCUT2D eigenvalue weighted by atomic mass is 10.1. The molecule has 2 aromatic carbocycles. The molecule has 0 bridgehead atoms. The minimum atomic E-state index is -0.770. The molecule has 1 aliphatic rings. The number of thioether (sulfide) groups is 1. The minimum Gasteiger partial charge on any atom is -0.378 e. The third-order valence-corrected chi connectivity index (χ3v) is 6.89. The first-order valence-electron chi connectivity index (χ1n) is 10.9. The van der Waals surface area contributed by atoms with Crippen LogP contribution in [0.1, 0.15) is 25.1 Å². The van der Waals surface area contributed by atoms with E-state index in [0.717, 1.165) is 16.9 Å². The summed E-state index contributed by atoms with van der Waals surface area (Å²) in [7, 11) is 5.77. The van der Waals surface area contributed by atoms with Gasteiger partial charge in [-0.2, -0.15) is 5.10 Å². The highest BCUT2D eigenvalue weighted by Crippen LogP contribution is 2.39. The van der Waals surface area contributed by atoms with Gasteiger partial charge in [-0.05, 0) is 50.6 Å². The monoisotopic (exact) mass is 476 g/mol. The molecule has 9 heteroatoms. The van der Waals surface area contributed by atoms with Gasteiger partial charge in [-0.15, -0.1) is 5.10 Å². The SMILES string of the molecule is Cc1c(N2C(=O)C(C)(C)SC2=NN=Cc2ccc(N(C)C)cc2)c(=O)n(-c2ccccc2)n1C. The molecule has 0 radical (unpaired) electrons. The fourth-order valence-corrected chi connectivity index (χ4v) is 4.74. The van der Waals surface area contributed by atoms with Crippen molar-refractivity contribution in [3.8, 4) is 5.69 Å². The second-order valence-electron chi connectivity index (χ2n) is 8.78. The summed E-state index contributed by atoms with van der Waals surface area (Å²) in [6, 6.07) is 17.2. The first kappa shape index (κ1) is 23.6. The van der Waals surface area contributed by atoms with E-state index in [9.17, 15) is 9.59 Å². The zero-order valence-electron chi connectivity index (χ0n) is 20.2. The van der Waals surface area contributed by atoms with E-state index in [2.05, 4.69) is 10.2 Å². The summed E-state index contributed by atoms with van der Waals surface area (Å²) in [6.07, 6.45) is 1.64. The van der Waals surface area contributed by atoms with E-state index in [-0.39, 0.29) is 11.5 Å². The van der Waals surface area contributed by atoms with Crippen LogP contribution >= 0.6 is 11.8 Å². The number of carbonyl (C=O) groups is 1. The zero-order chi connectivity index (χ0) is 24.6. The Labute approximate surface area is 203 Å². The van der Waals surface area contributed by atoms with Crippen molar-refractivity contribution >= 4 is 40.4 Å². The Morgan fingerprint density at radius 3 is 2.26 bits per heavy atom. The van der Waals surface area contributed by atoms with E-state index in [1.807, 2.05) is 94.4 Å². The first-order valence-corrected chi connectivity index (χ1v) is 11.7. The molecule has 4 rings (SSSR count). The van der Waals surface area contributed by atoms with Gasteiger partial charge in [-0.3, -0.25) is 14.3 Å². The fourth-order valence-electron chi connectivity index (χ4n) is 3.75. The number of hydrogen-bond acceptors (Lipinski definition) is 6. The van der Waals surface area contributed by atoms with E-state index in [1.54, 1.807) is 22.6 Å². The highest BCUT2D eigenvalue weighted by atomic mass is 32.2. The molecule has 176 valence electrons. The lowest BCUT2D eigenvalue weighted by molar-refractivity contribution is -0.118. The van der Waals surface area contributed by atoms with Gasteiger partial charge in [0.25, 0.3) is 5.56 Å². The Bertz CT molecular complexity index is 1330. The number of carbonyl (C=O) groups excluding carboxylic acids is 1. The lowest BCUT2D eigenvalue weighted by Gasteiger charge is -2.16. The molecule has 0 unspecified atom stereocenters. The molecular weight excluding hydrogens is 448 g/mol. The first-order chi connectivity index (χ1) is 16.1. The Morgan fingerprint density at radius 1 is 1.00 bits per heavy atom. The number of aromatic nitrogens is 2. The van der Waals surface area contributed by atoms with Crippen molar-refractivity contribution in [1.82, 2.24) is 9.36 Å². The minimum absolute atomic E-state index is 0.201. The normalized spacial score (nSPS) is 16.7. The molecular formula is C25H28N6O2S. The molecule has 34 heavy (non-hydrogen) atoms. The molecule has 1 aromatic heterocycles. The zero-order valence-corrected chi connectivity index (χ0v) is 21.0. The van der Waals surface area contributed by atoms with Gasteiger partial charge < -0.3 is 4.90 Å². The van der Waals surface area contributed by atoms with Crippen LogP contribution in [0.4, 0.5) is 11.4 Å². The van der Waals surface area contributed by atoms with Crippen LogP contribution in [-0.2, 0) is 11.8 Å². The van der Waals surface area contributed by atoms with Crippen molar-refractivity contribution in [1.29, 1.82) is 0 Å². The summed E-state index contributed by atoms with van der Waals surface area (Å²) in [5, 5.41) is 8.98. The summed E-state index contributed by atoms with van der Waals surface area (Å²) in [5.74, 6) is -0.201. The number of amides is 1. The molecule has 0 atom stereocenters. The summed E-state index contributed by atoms with van der Waals surface area (Å²) in [5.41, 5.74) is 3.37. The molecule has 8 nitrogen and oxygen atoms in total. The number of para-hydroxylation sites is 1. The maximum absolute atomic E-state index is 13.5. The fraction of sp³-hybridized carbons (Fsp3) is 0.280. The van der Waals surface area contributed by atoms with Crippen molar-refractivity contribution in [2.75, 3.05) is 23.9 Å². The number of amidine groups is 1. The maximum Gasteiger partial charge on any atom is 0.296 e. The number of anilines is 2. The van der Waals surface area contributed by atoms with E-state index in [1.165, 1.54) is 16.7 Å². The molecule has 3 aromatic rings. The predicted molar refractivity (Wildman–Crippen MR) is 141 cm³/mol. The van der Waals surface area contributed by atoms with Crippen molar-refractivity contribution in [2.24, 2.45) is 17.3 Å². The average molecular weight is 477 g/mol. The average Bonchev–Trinajstić information content (AvgIpc) is 3.16. The summed E-state index contributed by atoms with van der Waals surface area (Å²) < 4.78 is 2.54. The van der Waals surface area contributed by atoms with Crippen LogP contribution in [0.2, 0.25) is 0 Å². The van der Waals surface area contributed by atoms with Gasteiger partial charge in [0.1, 0.15) is 5.69 Å². The molecule has 1 fully saturated rings. The maximum atomic E-state index is 13.5. The molecule has 1 amide bonds. The highest BCUT2D eigenvalue weighted by molar-refractivity contribution is 8.16. The van der Waals surface area contributed by atoms with Crippen LogP contribution in [0.15, 0.2) is 69.6 Å². The van der Waals surface area contributed by atoms with E-state index in [0.29, 0.717) is 16.5 Å². The molecule has 0 aliphatic carbocycles. The number of rotatable bonds is 5. The summed E-state index contributed by atoms with van der Waals surface area (Å²) >= 11 is 1.30. The summed E-state index contributed by atoms with van der Waals surface area (Å²) in [6.45, 7) is 5.48. The molecule has 2 heterocycles. The van der Waals surface area contributed by atoms with Gasteiger partial charge in [0.15, 0.2) is 5.17 Å². The Balaban J connectivity index is 1.74. The van der Waals surface area contributed by atoms with Crippen molar-refractivity contribution in [3.63, 3.8) is 0 Å². The van der Waals surface area contributed by atoms with Gasteiger partial charge in [0.05, 0.1) is 22.3 Å². The van der Waals surface area contributed by atoms with Gasteiger partial charge in [0.2, 0.25) is 5.91 Å². The van der Waals surface area contributed by atoms with Gasteiger partial charge in [-0.25, -0.2) is 9.58 Å². The predicted octanol–water partition coefficient (Wildman–Crippen LogP) is 3.80. The smallest absolute Gasteiger partial charge is 0.296 e. The summed E-state index contributed by atoms with van der Waals surface area (Å²) in [4.78, 5) is 30.3. The topological polar surface area (TPSA) is 75.2 Å². The number of nitrogens with zero attached hydrogens (tertiary/aromatic N) is 6. The standard InChI is InChI=1S/C25H28N6O2S/c1-17-21(22(32)31(29(17)6)20-10-8-7-9-11-20)30-23(33)25(2,3)34-24(30)27-26-16-18-12-14-19(15-13-18)28(4)5/h7-16H,1-6H3. The van der Waals surface area contributed by atoms with Crippen LogP contribution in [0.5, 0.6) is 0 Å². The van der Waals surface area contributed by atoms with Crippen LogP contribution < -0.4 is 15.4 Å². The Kier molecular flexibility index (Phi) is 6.22. The van der Waals surface area contributed by atoms with Crippen LogP contribution in [0, 0.1) is 6.92 Å². The Morgan fingerprint density at radius 2 is 1.65 bits per heavy atom. The second-order valence-corrected chi connectivity index (χ2v) is 10.4. The van der Waals surface area contributed by atoms with E-state index < -0.39 is 4.75 Å². The van der Waals surface area contributed by atoms with Crippen molar-refractivity contribution < 1.29 is 4.79 Å². The van der Waals surface area contributed by atoms with Gasteiger partial charge in [0, 0.05) is 26.8 Å². The second kappa shape index (κ2) is 8.98. The molecule has 0 saturated carbocycles. The molecule has 1 aliphatic heterocycles. The van der Waals surface area contributed by atoms with Gasteiger partial charge >= 0.3 is 0 Å². The lowest BCUT2D eigenvalue weighted by Crippen LogP contribution is -2.39. The highest BCUT2D eigenvalue weighted by Gasteiger charge is 2.47. The third kappa shape index (κ3) is 4.19. The van der Waals surface area contributed by atoms with E-state index >= 15 is 0 Å². The van der Waals surface area contributed by atoms with Gasteiger partial charge in [-0.1, -0.05) is 42.1 Å². The van der Waals surface area contributed by atoms with Crippen LogP contribution in [-0.4, -0.2) is 45.5 Å². The number of benzene rings is 2. The number of hydrogen-bond donors (Lipinski definition) is 0. The third-order valence-electron chi connectivity index (χ3n) is 5.76. The largest absolute Gasteiger partial charge is 0.378 e. The van der Waals surface area contributed by atoms with E-state index in [4.69, 9.17) is 0 Å². The molecule has 1 saturated heterocycles. The van der Waals surface area contributed by atoms with Crippen LogP contribution in [0.3, 0.4) is 0 Å². The molecule has 0 spiro atoms. The molecule has 0 N–H and O–H groups in total.